The van der Waals surface area contributed by atoms with Crippen molar-refractivity contribution in [1.82, 2.24) is 19.7 Å². The highest BCUT2D eigenvalue weighted by Gasteiger charge is 2.21. The van der Waals surface area contributed by atoms with Crippen molar-refractivity contribution in [2.24, 2.45) is 0 Å². The van der Waals surface area contributed by atoms with Crippen LogP contribution in [-0.2, 0) is 23.6 Å². The predicted octanol–water partition coefficient (Wildman–Crippen LogP) is 4.46. The Labute approximate surface area is 173 Å². The molecule has 0 N–H and O–H groups in total. The third-order valence-electron chi connectivity index (χ3n) is 5.25. The number of thioether (sulfide) groups is 1. The third-order valence-corrected chi connectivity index (χ3v) is 6.26. The molecule has 28 heavy (non-hydrogen) atoms. The third kappa shape index (κ3) is 5.69. The first-order chi connectivity index (χ1) is 13.6. The van der Waals surface area contributed by atoms with Crippen molar-refractivity contribution in [2.75, 3.05) is 20.2 Å². The minimum Gasteiger partial charge on any atom is -0.376 e. The number of aromatic nitrogens is 3. The van der Waals surface area contributed by atoms with Crippen LogP contribution >= 0.6 is 11.8 Å². The average Bonchev–Trinajstić information content (AvgIpc) is 3.32. The van der Waals surface area contributed by atoms with Gasteiger partial charge in [-0.1, -0.05) is 47.7 Å². The van der Waals surface area contributed by atoms with E-state index in [9.17, 15) is 0 Å². The first-order valence-electron chi connectivity index (χ1n) is 10.1. The van der Waals surface area contributed by atoms with Gasteiger partial charge in [0.2, 0.25) is 0 Å². The number of likely N-dealkylation sites (N-methyl/N-ethyl adjacent to an activating group) is 1. The van der Waals surface area contributed by atoms with E-state index in [2.05, 4.69) is 77.8 Å². The first kappa shape index (κ1) is 21.1. The number of allylic oxidation sites excluding steroid dienone is 1. The van der Waals surface area contributed by atoms with Gasteiger partial charge in [-0.3, -0.25) is 4.90 Å². The normalized spacial score (nSPS) is 17.6. The molecule has 1 fully saturated rings. The van der Waals surface area contributed by atoms with E-state index in [1.165, 1.54) is 16.7 Å². The van der Waals surface area contributed by atoms with Crippen molar-refractivity contribution in [3.63, 3.8) is 0 Å². The maximum absolute atomic E-state index is 5.90. The molecule has 1 aliphatic heterocycles. The summed E-state index contributed by atoms with van der Waals surface area (Å²) in [6.07, 6.45) is 4.70. The maximum Gasteiger partial charge on any atom is 0.191 e. The number of nitrogens with zero attached hydrogens (tertiary/aromatic N) is 4. The first-order valence-corrected chi connectivity index (χ1v) is 11.1. The molecule has 1 aromatic carbocycles. The van der Waals surface area contributed by atoms with Crippen molar-refractivity contribution >= 4 is 11.8 Å². The summed E-state index contributed by atoms with van der Waals surface area (Å²) >= 11 is 1.77. The molecule has 0 aliphatic carbocycles. The summed E-state index contributed by atoms with van der Waals surface area (Å²) in [4.78, 5) is 2.29. The van der Waals surface area contributed by atoms with Crippen LogP contribution in [0.2, 0.25) is 0 Å². The Kier molecular flexibility index (Phi) is 7.71. The van der Waals surface area contributed by atoms with Crippen LogP contribution in [0.15, 0.2) is 41.1 Å². The van der Waals surface area contributed by atoms with Crippen LogP contribution in [0.25, 0.3) is 0 Å². The van der Waals surface area contributed by atoms with Crippen LogP contribution in [0.1, 0.15) is 43.6 Å². The van der Waals surface area contributed by atoms with E-state index in [1.54, 1.807) is 11.8 Å². The van der Waals surface area contributed by atoms with Crippen LogP contribution in [0.5, 0.6) is 0 Å². The number of hydrogen-bond acceptors (Lipinski definition) is 5. The van der Waals surface area contributed by atoms with Gasteiger partial charge in [-0.05, 0) is 51.8 Å². The molecule has 152 valence electrons. The van der Waals surface area contributed by atoms with Crippen LogP contribution in [0.3, 0.4) is 0 Å². The molecular formula is C22H32N4OS. The van der Waals surface area contributed by atoms with Gasteiger partial charge in [0.25, 0.3) is 0 Å². The molecule has 1 unspecified atom stereocenters. The number of aryl methyl sites for hydroxylation is 1. The van der Waals surface area contributed by atoms with Crippen LogP contribution in [0.4, 0.5) is 0 Å². The average molecular weight is 401 g/mol. The molecule has 0 spiro atoms. The van der Waals surface area contributed by atoms with E-state index < -0.39 is 0 Å². The highest BCUT2D eigenvalue weighted by molar-refractivity contribution is 7.98. The summed E-state index contributed by atoms with van der Waals surface area (Å²) < 4.78 is 8.17. The summed E-state index contributed by atoms with van der Waals surface area (Å²) in [6, 6.07) is 8.54. The summed E-state index contributed by atoms with van der Waals surface area (Å²) in [5.41, 5.74) is 4.03. The minimum absolute atomic E-state index is 0.273. The van der Waals surface area contributed by atoms with Gasteiger partial charge < -0.3 is 9.30 Å². The van der Waals surface area contributed by atoms with Crippen molar-refractivity contribution in [1.29, 1.82) is 0 Å². The van der Waals surface area contributed by atoms with Gasteiger partial charge >= 0.3 is 0 Å². The van der Waals surface area contributed by atoms with Crippen LogP contribution < -0.4 is 0 Å². The molecule has 1 saturated heterocycles. The van der Waals surface area contributed by atoms with E-state index in [0.717, 1.165) is 55.8 Å². The topological polar surface area (TPSA) is 43.2 Å². The summed E-state index contributed by atoms with van der Waals surface area (Å²) in [7, 11) is 2.14. The molecule has 3 rings (SSSR count). The molecule has 6 heteroatoms. The number of ether oxygens (including phenoxy) is 1. The number of hydrogen-bond donors (Lipinski definition) is 0. The molecule has 1 aliphatic rings. The minimum atomic E-state index is 0.273. The largest absolute Gasteiger partial charge is 0.376 e. The summed E-state index contributed by atoms with van der Waals surface area (Å²) in [6.45, 7) is 9.85. The smallest absolute Gasteiger partial charge is 0.191 e. The molecule has 1 atom stereocenters. The Hall–Kier alpha value is -1.63. The Morgan fingerprint density at radius 3 is 2.89 bits per heavy atom. The highest BCUT2D eigenvalue weighted by atomic mass is 32.2. The molecule has 0 amide bonds. The fraction of sp³-hybridized carbons (Fsp3) is 0.545. The fourth-order valence-corrected chi connectivity index (χ4v) is 4.49. The SMILES string of the molecule is C/C=C(\C)CN(C)Cc1nnc(SCc2ccccc2C)n1CC1CCCO1. The molecular weight excluding hydrogens is 368 g/mol. The van der Waals surface area contributed by atoms with Crippen LogP contribution in [0, 0.1) is 6.92 Å². The number of benzene rings is 1. The van der Waals surface area contributed by atoms with Crippen molar-refractivity contribution in [3.8, 4) is 0 Å². The lowest BCUT2D eigenvalue weighted by Crippen LogP contribution is -2.24. The van der Waals surface area contributed by atoms with Crippen LogP contribution in [-0.4, -0.2) is 46.0 Å². The lowest BCUT2D eigenvalue weighted by molar-refractivity contribution is 0.0935. The van der Waals surface area contributed by atoms with Gasteiger partial charge in [-0.2, -0.15) is 0 Å². The fourth-order valence-electron chi connectivity index (χ4n) is 3.45. The van der Waals surface area contributed by atoms with E-state index in [-0.39, 0.29) is 6.10 Å². The molecule has 1 aromatic heterocycles. The van der Waals surface area contributed by atoms with E-state index >= 15 is 0 Å². The molecule has 0 saturated carbocycles. The number of rotatable bonds is 9. The standard InChI is InChI=1S/C22H32N4OS/c1-5-17(2)13-25(4)15-21-23-24-22(26(21)14-20-11-8-12-27-20)28-16-19-10-7-6-9-18(19)3/h5-7,9-10,20H,8,11-16H2,1-4H3/b17-5+. The highest BCUT2D eigenvalue weighted by Crippen LogP contribution is 2.26. The van der Waals surface area contributed by atoms with Gasteiger partial charge in [0.1, 0.15) is 5.82 Å². The Morgan fingerprint density at radius 1 is 1.36 bits per heavy atom. The Morgan fingerprint density at radius 2 is 2.18 bits per heavy atom. The summed E-state index contributed by atoms with van der Waals surface area (Å²) in [5.74, 6) is 1.93. The van der Waals surface area contributed by atoms with E-state index in [0.29, 0.717) is 0 Å². The van der Waals surface area contributed by atoms with E-state index in [1.807, 2.05) is 0 Å². The maximum atomic E-state index is 5.90. The van der Waals surface area contributed by atoms with Gasteiger partial charge in [-0.15, -0.1) is 10.2 Å². The van der Waals surface area contributed by atoms with E-state index in [4.69, 9.17) is 4.74 Å². The lowest BCUT2D eigenvalue weighted by Gasteiger charge is -2.19. The van der Waals surface area contributed by atoms with Crippen molar-refractivity contribution in [2.45, 2.75) is 63.7 Å². The van der Waals surface area contributed by atoms with Gasteiger partial charge in [0, 0.05) is 18.9 Å². The van der Waals surface area contributed by atoms with Gasteiger partial charge in [0.05, 0.1) is 19.2 Å². The second-order valence-corrected chi connectivity index (χ2v) is 8.61. The monoisotopic (exact) mass is 400 g/mol. The Bertz CT molecular complexity index is 796. The molecule has 0 bridgehead atoms. The quantitative estimate of drug-likeness (QED) is 0.459. The lowest BCUT2D eigenvalue weighted by atomic mass is 10.1. The van der Waals surface area contributed by atoms with Crippen molar-refractivity contribution in [3.05, 3.63) is 52.9 Å². The van der Waals surface area contributed by atoms with Gasteiger partial charge in [0.15, 0.2) is 5.16 Å². The molecule has 2 heterocycles. The van der Waals surface area contributed by atoms with Gasteiger partial charge in [-0.25, -0.2) is 0 Å². The second kappa shape index (κ2) is 10.2. The molecule has 5 nitrogen and oxygen atoms in total. The zero-order chi connectivity index (χ0) is 19.9. The van der Waals surface area contributed by atoms with Crippen molar-refractivity contribution < 1.29 is 4.74 Å². The zero-order valence-electron chi connectivity index (χ0n) is 17.5. The zero-order valence-corrected chi connectivity index (χ0v) is 18.3. The second-order valence-electron chi connectivity index (χ2n) is 7.67. The molecule has 2 aromatic rings. The summed E-state index contributed by atoms with van der Waals surface area (Å²) in [5, 5.41) is 10.1. The molecule has 0 radical (unpaired) electrons. The Balaban J connectivity index is 1.74. The predicted molar refractivity (Wildman–Crippen MR) is 116 cm³/mol.